The summed E-state index contributed by atoms with van der Waals surface area (Å²) in [7, 11) is 0. The highest BCUT2D eigenvalue weighted by Gasteiger charge is 2.27. The number of ether oxygens (including phenoxy) is 2. The molecule has 0 spiro atoms. The van der Waals surface area contributed by atoms with Crippen LogP contribution >= 0.6 is 0 Å². The molecule has 2 aromatic heterocycles. The topological polar surface area (TPSA) is 189 Å². The molecule has 15 nitrogen and oxygen atoms in total. The quantitative estimate of drug-likeness (QED) is 0.186. The summed E-state index contributed by atoms with van der Waals surface area (Å²) in [6.07, 6.45) is 0.495. The van der Waals surface area contributed by atoms with E-state index < -0.39 is 24.6 Å². The third kappa shape index (κ3) is 7.33. The molecule has 0 saturated carbocycles. The molecular weight excluding hydrogens is 670 g/mol. The highest BCUT2D eigenvalue weighted by molar-refractivity contribution is 5.95. The number of rotatable bonds is 9. The van der Waals surface area contributed by atoms with E-state index in [1.807, 2.05) is 19.9 Å². The molecule has 1 aliphatic heterocycles. The van der Waals surface area contributed by atoms with Gasteiger partial charge < -0.3 is 34.8 Å². The number of carbonyl (C=O) groups is 4. The van der Waals surface area contributed by atoms with E-state index >= 15 is 0 Å². The first-order chi connectivity index (χ1) is 25.0. The van der Waals surface area contributed by atoms with Crippen LogP contribution in [0.2, 0.25) is 0 Å². The first-order valence-electron chi connectivity index (χ1n) is 16.7. The van der Waals surface area contributed by atoms with Gasteiger partial charge in [-0.05, 0) is 60.9 Å². The second kappa shape index (κ2) is 15.2. The van der Waals surface area contributed by atoms with Crippen LogP contribution in [0.4, 0.5) is 4.79 Å². The molecule has 3 N–H and O–H groups in total. The number of hydrogen-bond donors (Lipinski definition) is 3. The molecule has 0 radical (unpaired) electrons. The number of nitrogens with zero attached hydrogens (tertiary/aromatic N) is 6. The first kappa shape index (κ1) is 35.3. The van der Waals surface area contributed by atoms with Crippen LogP contribution in [0.1, 0.15) is 53.2 Å². The zero-order valence-corrected chi connectivity index (χ0v) is 28.8. The SMILES string of the molecule is CCNC(=O)c1nnc(-c2cc(C(C)C)c(O)cc2O)n1-c1ccc(C(=O)N2CCN(C(=O)COC(=O)Oc3ccnc4ccccc34)CC2)cc1. The molecule has 6 rings (SSSR count). The van der Waals surface area contributed by atoms with Crippen molar-refractivity contribution < 1.29 is 38.9 Å². The number of aromatic nitrogens is 4. The molecule has 0 aliphatic carbocycles. The number of benzene rings is 3. The molecular formula is C37H37N7O8. The van der Waals surface area contributed by atoms with E-state index in [0.717, 1.165) is 0 Å². The Hall–Kier alpha value is -6.51. The van der Waals surface area contributed by atoms with Crippen molar-refractivity contribution >= 4 is 34.8 Å². The minimum absolute atomic E-state index is 0.0293. The maximum atomic E-state index is 13.5. The van der Waals surface area contributed by atoms with E-state index in [9.17, 15) is 29.4 Å². The summed E-state index contributed by atoms with van der Waals surface area (Å²) < 4.78 is 11.9. The maximum absolute atomic E-state index is 13.5. The Morgan fingerprint density at radius 3 is 2.31 bits per heavy atom. The summed E-state index contributed by atoms with van der Waals surface area (Å²) in [6.45, 7) is 6.40. The van der Waals surface area contributed by atoms with Gasteiger partial charge in [0, 0.05) is 67.7 Å². The molecule has 0 atom stereocenters. The lowest BCUT2D eigenvalue weighted by Gasteiger charge is -2.34. The average Bonchev–Trinajstić information content (AvgIpc) is 3.59. The monoisotopic (exact) mass is 707 g/mol. The van der Waals surface area contributed by atoms with Crippen LogP contribution in [0.15, 0.2) is 72.9 Å². The molecule has 3 heterocycles. The van der Waals surface area contributed by atoms with Gasteiger partial charge in [0.25, 0.3) is 17.7 Å². The predicted molar refractivity (Wildman–Crippen MR) is 188 cm³/mol. The second-order valence-corrected chi connectivity index (χ2v) is 12.3. The number of amides is 3. The van der Waals surface area contributed by atoms with Gasteiger partial charge in [-0.3, -0.25) is 23.9 Å². The van der Waals surface area contributed by atoms with Crippen LogP contribution < -0.4 is 10.1 Å². The number of nitrogens with one attached hydrogen (secondary N) is 1. The van der Waals surface area contributed by atoms with E-state index in [-0.39, 0.29) is 72.5 Å². The fourth-order valence-corrected chi connectivity index (χ4v) is 5.91. The summed E-state index contributed by atoms with van der Waals surface area (Å²) in [4.78, 5) is 59.0. The van der Waals surface area contributed by atoms with Crippen molar-refractivity contribution in [2.45, 2.75) is 26.7 Å². The number of aromatic hydroxyl groups is 2. The molecule has 5 aromatic rings. The van der Waals surface area contributed by atoms with Crippen LogP contribution in [-0.4, -0.2) is 103 Å². The Kier molecular flexibility index (Phi) is 10.3. The van der Waals surface area contributed by atoms with E-state index in [2.05, 4.69) is 20.5 Å². The number of fused-ring (bicyclic) bond motifs is 1. The fourth-order valence-electron chi connectivity index (χ4n) is 5.91. The van der Waals surface area contributed by atoms with Crippen molar-refractivity contribution in [2.24, 2.45) is 0 Å². The number of carbonyl (C=O) groups excluding carboxylic acids is 4. The summed E-state index contributed by atoms with van der Waals surface area (Å²) in [5.74, 6) is -1.13. The number of piperazine rings is 1. The Morgan fingerprint density at radius 1 is 0.885 bits per heavy atom. The molecule has 1 aliphatic rings. The van der Waals surface area contributed by atoms with Crippen molar-refractivity contribution in [1.82, 2.24) is 34.9 Å². The minimum Gasteiger partial charge on any atom is -0.508 e. The van der Waals surface area contributed by atoms with Gasteiger partial charge in [-0.1, -0.05) is 26.0 Å². The van der Waals surface area contributed by atoms with Crippen LogP contribution in [-0.2, 0) is 9.53 Å². The molecule has 0 bridgehead atoms. The molecule has 3 amide bonds. The van der Waals surface area contributed by atoms with Gasteiger partial charge in [0.05, 0.1) is 11.1 Å². The van der Waals surface area contributed by atoms with Crippen LogP contribution in [0.25, 0.3) is 28.0 Å². The van der Waals surface area contributed by atoms with Crippen LogP contribution in [0.3, 0.4) is 0 Å². The number of pyridine rings is 1. The summed E-state index contributed by atoms with van der Waals surface area (Å²) >= 11 is 0. The summed E-state index contributed by atoms with van der Waals surface area (Å²) in [6, 6.07) is 18.1. The number of para-hydroxylation sites is 1. The number of hydrogen-bond acceptors (Lipinski definition) is 11. The average molecular weight is 708 g/mol. The summed E-state index contributed by atoms with van der Waals surface area (Å²) in [5.41, 5.74) is 2.33. The van der Waals surface area contributed by atoms with Gasteiger partial charge in [0.2, 0.25) is 5.82 Å². The Bertz CT molecular complexity index is 2130. The standard InChI is InChI=1S/C37H37N7O8/c1-4-38-35(48)34-41-40-33(27-19-26(22(2)3)29(45)20-30(27)46)44(34)24-11-9-23(10-12-24)36(49)43-17-15-42(16-18-43)32(47)21-51-37(50)52-31-13-14-39-28-8-6-5-7-25(28)31/h5-14,19-20,22,45-46H,4,15-18,21H2,1-3H3,(H,38,48). The number of phenols is 2. The minimum atomic E-state index is -1.01. The molecule has 268 valence electrons. The van der Waals surface area contributed by atoms with E-state index in [0.29, 0.717) is 34.3 Å². The second-order valence-electron chi connectivity index (χ2n) is 12.3. The molecule has 15 heteroatoms. The smallest absolute Gasteiger partial charge is 0.508 e. The Morgan fingerprint density at radius 2 is 1.60 bits per heavy atom. The van der Waals surface area contributed by atoms with Gasteiger partial charge in [0.15, 0.2) is 12.4 Å². The van der Waals surface area contributed by atoms with Crippen molar-refractivity contribution in [3.8, 4) is 34.3 Å². The Balaban J connectivity index is 1.10. The van der Waals surface area contributed by atoms with Gasteiger partial charge >= 0.3 is 6.16 Å². The van der Waals surface area contributed by atoms with E-state index in [1.165, 1.54) is 27.8 Å². The molecule has 1 saturated heterocycles. The lowest BCUT2D eigenvalue weighted by Crippen LogP contribution is -2.51. The third-order valence-corrected chi connectivity index (χ3v) is 8.62. The maximum Gasteiger partial charge on any atom is 0.514 e. The van der Waals surface area contributed by atoms with Crippen molar-refractivity contribution in [3.63, 3.8) is 0 Å². The number of phenolic OH excluding ortho intramolecular Hbond substituents is 2. The highest BCUT2D eigenvalue weighted by atomic mass is 16.7. The largest absolute Gasteiger partial charge is 0.514 e. The third-order valence-electron chi connectivity index (χ3n) is 8.62. The highest BCUT2D eigenvalue weighted by Crippen LogP contribution is 2.38. The van der Waals surface area contributed by atoms with Gasteiger partial charge in [0.1, 0.15) is 17.2 Å². The van der Waals surface area contributed by atoms with Gasteiger partial charge in [-0.2, -0.15) is 0 Å². The lowest BCUT2D eigenvalue weighted by molar-refractivity contribution is -0.136. The van der Waals surface area contributed by atoms with E-state index in [4.69, 9.17) is 9.47 Å². The molecule has 52 heavy (non-hydrogen) atoms. The normalized spacial score (nSPS) is 12.9. The van der Waals surface area contributed by atoms with Gasteiger partial charge in [-0.15, -0.1) is 10.2 Å². The molecule has 0 unspecified atom stereocenters. The molecule has 1 fully saturated rings. The zero-order chi connectivity index (χ0) is 36.9. The zero-order valence-electron chi connectivity index (χ0n) is 28.8. The fraction of sp³-hybridized carbons (Fsp3) is 0.270. The first-order valence-corrected chi connectivity index (χ1v) is 16.7. The predicted octanol–water partition coefficient (Wildman–Crippen LogP) is 4.27. The summed E-state index contributed by atoms with van der Waals surface area (Å²) in [5, 5.41) is 32.9. The van der Waals surface area contributed by atoms with Crippen LogP contribution in [0, 0.1) is 0 Å². The van der Waals surface area contributed by atoms with Crippen LogP contribution in [0.5, 0.6) is 17.2 Å². The van der Waals surface area contributed by atoms with Gasteiger partial charge in [-0.25, -0.2) is 4.79 Å². The van der Waals surface area contributed by atoms with E-state index in [1.54, 1.807) is 60.4 Å². The molecule has 3 aromatic carbocycles. The van der Waals surface area contributed by atoms with Crippen molar-refractivity contribution in [1.29, 1.82) is 0 Å². The van der Waals surface area contributed by atoms with Crippen molar-refractivity contribution in [2.75, 3.05) is 39.3 Å². The Labute approximate surface area is 298 Å². The lowest BCUT2D eigenvalue weighted by atomic mass is 9.98. The van der Waals surface area contributed by atoms with Crippen molar-refractivity contribution in [3.05, 3.63) is 89.9 Å².